The van der Waals surface area contributed by atoms with E-state index >= 15 is 0 Å². The number of rotatable bonds is 12. The number of nitrogens with zero attached hydrogens (tertiary/aromatic N) is 2. The van der Waals surface area contributed by atoms with Crippen molar-refractivity contribution in [1.29, 1.82) is 0 Å². The zero-order chi connectivity index (χ0) is 27.7. The molecule has 0 aliphatic heterocycles. The molecular formula is C28H32ClN3O5S. The Hall–Kier alpha value is -3.56. The Kier molecular flexibility index (Phi) is 10.2. The second kappa shape index (κ2) is 13.3. The van der Waals surface area contributed by atoms with E-state index in [0.717, 1.165) is 16.3 Å². The molecule has 0 saturated heterocycles. The van der Waals surface area contributed by atoms with Gasteiger partial charge in [0.25, 0.3) is 10.0 Å². The number of carbonyl (C=O) groups is 2. The molecule has 0 spiro atoms. The highest BCUT2D eigenvalue weighted by Gasteiger charge is 2.32. The standard InChI is InChI=1S/C28H32ClN3O5S/c1-4-18-30-28(34)21(2)31(19-22-10-12-23(29)13-11-22)27(33)20-32(24-8-6-5-7-9-24)38(35,36)26-16-14-25(37-3)15-17-26/h5-17,21H,4,18-20H2,1-3H3,(H,30,34). The Morgan fingerprint density at radius 3 is 2.18 bits per heavy atom. The number of nitrogens with one attached hydrogen (secondary N) is 1. The van der Waals surface area contributed by atoms with Crippen molar-refractivity contribution in [2.24, 2.45) is 0 Å². The van der Waals surface area contributed by atoms with Crippen LogP contribution in [0.15, 0.2) is 83.8 Å². The molecule has 3 rings (SSSR count). The first kappa shape index (κ1) is 29.0. The van der Waals surface area contributed by atoms with Gasteiger partial charge in [-0.05, 0) is 67.4 Å². The highest BCUT2D eigenvalue weighted by atomic mass is 35.5. The van der Waals surface area contributed by atoms with E-state index in [1.807, 2.05) is 6.92 Å². The number of hydrogen-bond acceptors (Lipinski definition) is 5. The number of methoxy groups -OCH3 is 1. The van der Waals surface area contributed by atoms with Crippen molar-refractivity contribution in [3.8, 4) is 5.75 Å². The molecule has 1 unspecified atom stereocenters. The van der Waals surface area contributed by atoms with Crippen LogP contribution >= 0.6 is 11.6 Å². The Morgan fingerprint density at radius 1 is 0.974 bits per heavy atom. The summed E-state index contributed by atoms with van der Waals surface area (Å²) in [6, 6.07) is 20.4. The molecule has 0 aliphatic rings. The maximum Gasteiger partial charge on any atom is 0.264 e. The lowest BCUT2D eigenvalue weighted by Crippen LogP contribution is -2.51. The van der Waals surface area contributed by atoms with Crippen LogP contribution in [0, 0.1) is 0 Å². The summed E-state index contributed by atoms with van der Waals surface area (Å²) >= 11 is 6.02. The highest BCUT2D eigenvalue weighted by Crippen LogP contribution is 2.26. The summed E-state index contributed by atoms with van der Waals surface area (Å²) in [6.45, 7) is 3.63. The average molecular weight is 558 g/mol. The van der Waals surface area contributed by atoms with Crippen LogP contribution in [0.1, 0.15) is 25.8 Å². The van der Waals surface area contributed by atoms with Crippen molar-refractivity contribution in [3.05, 3.63) is 89.4 Å². The smallest absolute Gasteiger partial charge is 0.264 e. The van der Waals surface area contributed by atoms with Crippen LogP contribution in [-0.2, 0) is 26.2 Å². The number of halogens is 1. The summed E-state index contributed by atoms with van der Waals surface area (Å²) in [5.41, 5.74) is 1.08. The Balaban J connectivity index is 1.98. The molecule has 1 atom stereocenters. The van der Waals surface area contributed by atoms with Gasteiger partial charge in [0.05, 0.1) is 17.7 Å². The van der Waals surface area contributed by atoms with Crippen molar-refractivity contribution in [1.82, 2.24) is 10.2 Å². The Labute approximate surface area is 229 Å². The molecule has 0 aromatic heterocycles. The van der Waals surface area contributed by atoms with Gasteiger partial charge in [0.15, 0.2) is 0 Å². The normalized spacial score (nSPS) is 11.9. The zero-order valence-electron chi connectivity index (χ0n) is 21.6. The van der Waals surface area contributed by atoms with Crippen LogP contribution in [0.25, 0.3) is 0 Å². The molecule has 0 heterocycles. The van der Waals surface area contributed by atoms with E-state index in [0.29, 0.717) is 23.0 Å². The van der Waals surface area contributed by atoms with E-state index in [4.69, 9.17) is 16.3 Å². The van der Waals surface area contributed by atoms with Gasteiger partial charge < -0.3 is 15.0 Å². The second-order valence-corrected chi connectivity index (χ2v) is 10.9. The van der Waals surface area contributed by atoms with Gasteiger partial charge in [0.2, 0.25) is 11.8 Å². The zero-order valence-corrected chi connectivity index (χ0v) is 23.2. The van der Waals surface area contributed by atoms with Gasteiger partial charge in [-0.15, -0.1) is 0 Å². The van der Waals surface area contributed by atoms with Crippen molar-refractivity contribution in [2.75, 3.05) is 24.5 Å². The molecule has 3 aromatic rings. The molecule has 202 valence electrons. The Bertz CT molecular complexity index is 1320. The number of para-hydroxylation sites is 1. The monoisotopic (exact) mass is 557 g/mol. The topological polar surface area (TPSA) is 96.0 Å². The van der Waals surface area contributed by atoms with Crippen LogP contribution in [-0.4, -0.2) is 51.4 Å². The summed E-state index contributed by atoms with van der Waals surface area (Å²) < 4.78 is 33.7. The van der Waals surface area contributed by atoms with Crippen LogP contribution in [0.4, 0.5) is 5.69 Å². The summed E-state index contributed by atoms with van der Waals surface area (Å²) in [5.74, 6) is -0.342. The largest absolute Gasteiger partial charge is 0.497 e. The number of sulfonamides is 1. The summed E-state index contributed by atoms with van der Waals surface area (Å²) in [6.07, 6.45) is 0.742. The van der Waals surface area contributed by atoms with Crippen molar-refractivity contribution in [3.63, 3.8) is 0 Å². The van der Waals surface area contributed by atoms with Gasteiger partial charge in [-0.3, -0.25) is 13.9 Å². The number of carbonyl (C=O) groups excluding carboxylic acids is 2. The molecule has 0 saturated carbocycles. The quantitative estimate of drug-likeness (QED) is 0.354. The third kappa shape index (κ3) is 7.26. The van der Waals surface area contributed by atoms with Crippen molar-refractivity contribution < 1.29 is 22.7 Å². The summed E-state index contributed by atoms with van der Waals surface area (Å²) in [7, 11) is -2.64. The number of ether oxygens (including phenoxy) is 1. The maximum atomic E-state index is 13.8. The molecular weight excluding hydrogens is 526 g/mol. The van der Waals surface area contributed by atoms with Gasteiger partial charge >= 0.3 is 0 Å². The summed E-state index contributed by atoms with van der Waals surface area (Å²) in [4.78, 5) is 28.0. The van der Waals surface area contributed by atoms with E-state index < -0.39 is 28.5 Å². The van der Waals surface area contributed by atoms with Crippen molar-refractivity contribution >= 4 is 39.1 Å². The van der Waals surface area contributed by atoms with Gasteiger partial charge in [-0.1, -0.05) is 48.9 Å². The first-order valence-corrected chi connectivity index (χ1v) is 14.0. The molecule has 38 heavy (non-hydrogen) atoms. The molecule has 8 nitrogen and oxygen atoms in total. The van der Waals surface area contributed by atoms with E-state index in [-0.39, 0.29) is 17.3 Å². The molecule has 10 heteroatoms. The fourth-order valence-electron chi connectivity index (χ4n) is 3.76. The molecule has 2 amide bonds. The van der Waals surface area contributed by atoms with Gasteiger partial charge in [0, 0.05) is 18.1 Å². The van der Waals surface area contributed by atoms with E-state index in [2.05, 4.69) is 5.32 Å². The minimum atomic E-state index is -4.13. The third-order valence-electron chi connectivity index (χ3n) is 5.95. The maximum absolute atomic E-state index is 13.8. The molecule has 0 fully saturated rings. The second-order valence-electron chi connectivity index (χ2n) is 8.64. The molecule has 1 N–H and O–H groups in total. The molecule has 3 aromatic carbocycles. The van der Waals surface area contributed by atoms with Gasteiger partial charge in [0.1, 0.15) is 18.3 Å². The number of anilines is 1. The third-order valence-corrected chi connectivity index (χ3v) is 7.99. The van der Waals surface area contributed by atoms with Crippen LogP contribution in [0.2, 0.25) is 5.02 Å². The lowest BCUT2D eigenvalue weighted by molar-refractivity contribution is -0.139. The van der Waals surface area contributed by atoms with E-state index in [1.54, 1.807) is 73.7 Å². The van der Waals surface area contributed by atoms with Crippen LogP contribution < -0.4 is 14.4 Å². The highest BCUT2D eigenvalue weighted by molar-refractivity contribution is 7.92. The number of amides is 2. The number of hydrogen-bond donors (Lipinski definition) is 1. The molecule has 0 bridgehead atoms. The minimum absolute atomic E-state index is 0.00735. The SMILES string of the molecule is CCCNC(=O)C(C)N(Cc1ccc(Cl)cc1)C(=O)CN(c1ccccc1)S(=O)(=O)c1ccc(OC)cc1. The predicted molar refractivity (Wildman–Crippen MR) is 149 cm³/mol. The predicted octanol–water partition coefficient (Wildman–Crippen LogP) is 4.49. The Morgan fingerprint density at radius 2 is 1.61 bits per heavy atom. The fraction of sp³-hybridized carbons (Fsp3) is 0.286. The average Bonchev–Trinajstić information content (AvgIpc) is 2.94. The summed E-state index contributed by atoms with van der Waals surface area (Å²) in [5, 5.41) is 3.36. The van der Waals surface area contributed by atoms with Gasteiger partial charge in [-0.25, -0.2) is 8.42 Å². The molecule has 0 radical (unpaired) electrons. The molecule has 0 aliphatic carbocycles. The van der Waals surface area contributed by atoms with Crippen LogP contribution in [0.3, 0.4) is 0 Å². The lowest BCUT2D eigenvalue weighted by atomic mass is 10.1. The minimum Gasteiger partial charge on any atom is -0.497 e. The first-order chi connectivity index (χ1) is 18.2. The van der Waals surface area contributed by atoms with E-state index in [1.165, 1.54) is 24.1 Å². The van der Waals surface area contributed by atoms with E-state index in [9.17, 15) is 18.0 Å². The fourth-order valence-corrected chi connectivity index (χ4v) is 5.30. The van der Waals surface area contributed by atoms with Crippen LogP contribution in [0.5, 0.6) is 5.75 Å². The van der Waals surface area contributed by atoms with Gasteiger partial charge in [-0.2, -0.15) is 0 Å². The number of benzene rings is 3. The lowest BCUT2D eigenvalue weighted by Gasteiger charge is -2.32. The van der Waals surface area contributed by atoms with Crippen molar-refractivity contribution in [2.45, 2.75) is 37.8 Å². The first-order valence-electron chi connectivity index (χ1n) is 12.2.